The van der Waals surface area contributed by atoms with Gasteiger partial charge in [0.05, 0.1) is 16.2 Å². The number of hydrazine groups is 1. The molecular weight excluding hydrogens is 198 g/mol. The predicted molar refractivity (Wildman–Crippen MR) is 56.4 cm³/mol. The number of hydrogen-bond donors (Lipinski definition) is 3. The largest absolute Gasteiger partial charge is 0.396 e. The first-order valence-electron chi connectivity index (χ1n) is 4.45. The summed E-state index contributed by atoms with van der Waals surface area (Å²) in [7, 11) is 0. The van der Waals surface area contributed by atoms with Crippen LogP contribution in [0.3, 0.4) is 0 Å². The lowest BCUT2D eigenvalue weighted by atomic mass is 10.0. The number of nitrogens with zero attached hydrogens (tertiary/aromatic N) is 1. The first-order chi connectivity index (χ1) is 7.10. The number of rotatable bonds is 4. The zero-order valence-corrected chi connectivity index (χ0v) is 8.36. The second-order valence-electron chi connectivity index (χ2n) is 3.19. The number of nitrogens with one attached hydrogen (secondary N) is 1. The van der Waals surface area contributed by atoms with Gasteiger partial charge in [-0.15, -0.1) is 0 Å². The lowest BCUT2D eigenvalue weighted by Crippen LogP contribution is -2.12. The van der Waals surface area contributed by atoms with Crippen molar-refractivity contribution in [1.82, 2.24) is 0 Å². The molecule has 6 nitrogen and oxygen atoms in total. The molecule has 1 rings (SSSR count). The maximum atomic E-state index is 10.8. The Bertz CT molecular complexity index is 379. The second-order valence-corrected chi connectivity index (χ2v) is 3.19. The van der Waals surface area contributed by atoms with Crippen LogP contribution in [-0.2, 0) is 6.42 Å². The van der Waals surface area contributed by atoms with E-state index in [4.69, 9.17) is 10.9 Å². The minimum Gasteiger partial charge on any atom is -0.396 e. The number of aliphatic hydroxyl groups is 1. The van der Waals surface area contributed by atoms with Crippen LogP contribution in [0.15, 0.2) is 12.1 Å². The zero-order chi connectivity index (χ0) is 11.4. The molecule has 6 heteroatoms. The summed E-state index contributed by atoms with van der Waals surface area (Å²) in [6.07, 6.45) is 0.204. The maximum Gasteiger partial charge on any atom is 0.275 e. The Labute approximate surface area is 86.8 Å². The summed E-state index contributed by atoms with van der Waals surface area (Å²) in [5.41, 5.74) is 4.04. The summed E-state index contributed by atoms with van der Waals surface area (Å²) in [5.74, 6) is 5.26. The van der Waals surface area contributed by atoms with Gasteiger partial charge in [-0.1, -0.05) is 0 Å². The molecule has 1 aromatic rings. The fourth-order valence-electron chi connectivity index (χ4n) is 1.46. The second kappa shape index (κ2) is 4.72. The Hall–Kier alpha value is -1.66. The van der Waals surface area contributed by atoms with Crippen molar-refractivity contribution < 1.29 is 10.0 Å². The van der Waals surface area contributed by atoms with Crippen molar-refractivity contribution in [2.75, 3.05) is 12.0 Å². The van der Waals surface area contributed by atoms with Gasteiger partial charge in [0.2, 0.25) is 0 Å². The first kappa shape index (κ1) is 11.4. The standard InChI is InChI=1S/C9H13N3O3/c1-6-4-8(11-10)7(2-3-13)9(5-6)12(14)15/h4-5,11,13H,2-3,10H2,1H3. The van der Waals surface area contributed by atoms with E-state index >= 15 is 0 Å². The van der Waals surface area contributed by atoms with Gasteiger partial charge < -0.3 is 10.5 Å². The number of anilines is 1. The number of nitrogens with two attached hydrogens (primary N) is 1. The summed E-state index contributed by atoms with van der Waals surface area (Å²) in [5, 5.41) is 19.6. The van der Waals surface area contributed by atoms with Crippen LogP contribution < -0.4 is 11.3 Å². The van der Waals surface area contributed by atoms with Crippen LogP contribution in [0.4, 0.5) is 11.4 Å². The van der Waals surface area contributed by atoms with Crippen LogP contribution in [0, 0.1) is 17.0 Å². The van der Waals surface area contributed by atoms with Crippen molar-refractivity contribution in [1.29, 1.82) is 0 Å². The van der Waals surface area contributed by atoms with E-state index in [0.29, 0.717) is 11.3 Å². The quantitative estimate of drug-likeness (QED) is 0.387. The van der Waals surface area contributed by atoms with Crippen LogP contribution in [0.1, 0.15) is 11.1 Å². The summed E-state index contributed by atoms with van der Waals surface area (Å²) < 4.78 is 0. The third-order valence-electron chi connectivity index (χ3n) is 2.08. The Balaban J connectivity index is 3.33. The molecule has 0 bridgehead atoms. The van der Waals surface area contributed by atoms with E-state index in [9.17, 15) is 10.1 Å². The smallest absolute Gasteiger partial charge is 0.275 e. The third-order valence-corrected chi connectivity index (χ3v) is 2.08. The maximum absolute atomic E-state index is 10.8. The fourth-order valence-corrected chi connectivity index (χ4v) is 1.46. The lowest BCUT2D eigenvalue weighted by Gasteiger charge is -2.09. The number of aliphatic hydroxyl groups excluding tert-OH is 1. The molecule has 0 amide bonds. The molecule has 0 unspecified atom stereocenters. The minimum absolute atomic E-state index is 0.0167. The van der Waals surface area contributed by atoms with E-state index in [1.807, 2.05) is 0 Å². The zero-order valence-electron chi connectivity index (χ0n) is 8.36. The van der Waals surface area contributed by atoms with Gasteiger partial charge in [0, 0.05) is 19.1 Å². The van der Waals surface area contributed by atoms with Gasteiger partial charge in [-0.05, 0) is 18.6 Å². The van der Waals surface area contributed by atoms with E-state index in [1.165, 1.54) is 6.07 Å². The van der Waals surface area contributed by atoms with Crippen molar-refractivity contribution in [3.05, 3.63) is 33.4 Å². The number of benzene rings is 1. The molecule has 0 spiro atoms. The molecule has 15 heavy (non-hydrogen) atoms. The SMILES string of the molecule is Cc1cc(NN)c(CCO)c([N+](=O)[O-])c1. The third kappa shape index (κ3) is 2.42. The normalized spacial score (nSPS) is 10.1. The van der Waals surface area contributed by atoms with Crippen molar-refractivity contribution in [3.8, 4) is 0 Å². The molecule has 0 aliphatic heterocycles. The minimum atomic E-state index is -0.473. The van der Waals surface area contributed by atoms with E-state index in [-0.39, 0.29) is 18.7 Å². The first-order valence-corrected chi connectivity index (χ1v) is 4.45. The van der Waals surface area contributed by atoms with E-state index in [1.54, 1.807) is 13.0 Å². The highest BCUT2D eigenvalue weighted by molar-refractivity contribution is 5.62. The predicted octanol–water partition coefficient (Wildman–Crippen LogP) is 0.724. The molecule has 1 aromatic carbocycles. The van der Waals surface area contributed by atoms with Crippen molar-refractivity contribution in [2.24, 2.45) is 5.84 Å². The fraction of sp³-hybridized carbons (Fsp3) is 0.333. The number of nitro benzene ring substituents is 1. The monoisotopic (exact) mass is 211 g/mol. The molecule has 0 saturated heterocycles. The van der Waals surface area contributed by atoms with Crippen molar-refractivity contribution in [3.63, 3.8) is 0 Å². The van der Waals surface area contributed by atoms with Crippen LogP contribution in [0.2, 0.25) is 0 Å². The highest BCUT2D eigenvalue weighted by Crippen LogP contribution is 2.28. The van der Waals surface area contributed by atoms with Gasteiger partial charge in [-0.25, -0.2) is 0 Å². The molecule has 4 N–H and O–H groups in total. The molecule has 0 aromatic heterocycles. The Morgan fingerprint density at radius 3 is 2.73 bits per heavy atom. The Morgan fingerprint density at radius 1 is 1.60 bits per heavy atom. The average molecular weight is 211 g/mol. The Morgan fingerprint density at radius 2 is 2.27 bits per heavy atom. The molecule has 0 saturated carbocycles. The average Bonchev–Trinajstić information content (AvgIpc) is 2.19. The van der Waals surface area contributed by atoms with Gasteiger partial charge in [-0.3, -0.25) is 16.0 Å². The van der Waals surface area contributed by atoms with Crippen LogP contribution in [0.25, 0.3) is 0 Å². The number of hydrogen-bond acceptors (Lipinski definition) is 5. The van der Waals surface area contributed by atoms with Gasteiger partial charge in [0.15, 0.2) is 0 Å². The van der Waals surface area contributed by atoms with E-state index in [2.05, 4.69) is 5.43 Å². The van der Waals surface area contributed by atoms with Gasteiger partial charge >= 0.3 is 0 Å². The van der Waals surface area contributed by atoms with Crippen molar-refractivity contribution in [2.45, 2.75) is 13.3 Å². The van der Waals surface area contributed by atoms with Gasteiger partial charge in [-0.2, -0.15) is 0 Å². The van der Waals surface area contributed by atoms with Gasteiger partial charge in [0.1, 0.15) is 0 Å². The molecule has 0 radical (unpaired) electrons. The van der Waals surface area contributed by atoms with Crippen LogP contribution in [0.5, 0.6) is 0 Å². The van der Waals surface area contributed by atoms with Crippen molar-refractivity contribution >= 4 is 11.4 Å². The number of nitrogen functional groups attached to an aromatic ring is 1. The molecular formula is C9H13N3O3. The molecule has 0 atom stereocenters. The highest BCUT2D eigenvalue weighted by atomic mass is 16.6. The topological polar surface area (TPSA) is 101 Å². The molecule has 0 fully saturated rings. The number of aryl methyl sites for hydroxylation is 1. The molecule has 0 aliphatic rings. The summed E-state index contributed by atoms with van der Waals surface area (Å²) in [4.78, 5) is 10.3. The van der Waals surface area contributed by atoms with E-state index < -0.39 is 4.92 Å². The number of nitro groups is 1. The Kier molecular flexibility index (Phi) is 3.59. The molecule has 0 aliphatic carbocycles. The van der Waals surface area contributed by atoms with Crippen LogP contribution >= 0.6 is 0 Å². The van der Waals surface area contributed by atoms with Gasteiger partial charge in [0.25, 0.3) is 5.69 Å². The summed E-state index contributed by atoms with van der Waals surface area (Å²) in [6, 6.07) is 3.17. The molecule has 0 heterocycles. The summed E-state index contributed by atoms with van der Waals surface area (Å²) in [6.45, 7) is 1.59. The van der Waals surface area contributed by atoms with Crippen LogP contribution in [-0.4, -0.2) is 16.6 Å². The molecule has 82 valence electrons. The van der Waals surface area contributed by atoms with E-state index in [0.717, 1.165) is 5.56 Å². The lowest BCUT2D eigenvalue weighted by molar-refractivity contribution is -0.385. The highest BCUT2D eigenvalue weighted by Gasteiger charge is 2.17. The summed E-state index contributed by atoms with van der Waals surface area (Å²) >= 11 is 0.